The maximum atomic E-state index is 12.5. The van der Waals surface area contributed by atoms with Crippen molar-refractivity contribution < 1.29 is 4.79 Å². The topological polar surface area (TPSA) is 48.5 Å². The molecule has 0 spiro atoms. The molecular weight excluding hydrogens is 264 g/mol. The number of amides is 1. The SMILES string of the molecule is CCN(CC)CCCN(CC)C(=O)c1cc(NC)ccn1. The van der Waals surface area contributed by atoms with Crippen LogP contribution in [-0.4, -0.2) is 60.5 Å². The number of carbonyl (C=O) groups is 1. The molecule has 1 rings (SSSR count). The van der Waals surface area contributed by atoms with Crippen LogP contribution in [0.4, 0.5) is 5.69 Å². The Morgan fingerprint density at radius 1 is 1.19 bits per heavy atom. The zero-order valence-electron chi connectivity index (χ0n) is 13.7. The predicted molar refractivity (Wildman–Crippen MR) is 87.8 cm³/mol. The van der Waals surface area contributed by atoms with Gasteiger partial charge in [-0.1, -0.05) is 13.8 Å². The van der Waals surface area contributed by atoms with Gasteiger partial charge in [-0.15, -0.1) is 0 Å². The molecular formula is C16H28N4O. The van der Waals surface area contributed by atoms with Crippen molar-refractivity contribution >= 4 is 11.6 Å². The highest BCUT2D eigenvalue weighted by Crippen LogP contribution is 2.09. The molecule has 0 atom stereocenters. The highest BCUT2D eigenvalue weighted by molar-refractivity contribution is 5.93. The minimum Gasteiger partial charge on any atom is -0.388 e. The second kappa shape index (κ2) is 9.34. The Morgan fingerprint density at radius 2 is 1.90 bits per heavy atom. The van der Waals surface area contributed by atoms with Gasteiger partial charge in [0.25, 0.3) is 5.91 Å². The maximum absolute atomic E-state index is 12.5. The van der Waals surface area contributed by atoms with E-state index >= 15 is 0 Å². The second-order valence-electron chi connectivity index (χ2n) is 4.95. The molecule has 0 saturated heterocycles. The maximum Gasteiger partial charge on any atom is 0.272 e. The van der Waals surface area contributed by atoms with Crippen LogP contribution in [0.1, 0.15) is 37.7 Å². The summed E-state index contributed by atoms with van der Waals surface area (Å²) in [5, 5.41) is 3.04. The standard InChI is InChI=1S/C16H28N4O/c1-5-19(6-2)11-8-12-20(7-3)16(21)15-13-14(17-4)9-10-18-15/h9-10,13H,5-8,11-12H2,1-4H3,(H,17,18). The fourth-order valence-electron chi connectivity index (χ4n) is 2.29. The smallest absolute Gasteiger partial charge is 0.272 e. The zero-order chi connectivity index (χ0) is 15.7. The van der Waals surface area contributed by atoms with Gasteiger partial charge in [-0.05, 0) is 45.1 Å². The molecule has 0 aliphatic carbocycles. The van der Waals surface area contributed by atoms with E-state index in [0.29, 0.717) is 12.2 Å². The van der Waals surface area contributed by atoms with Gasteiger partial charge in [-0.25, -0.2) is 0 Å². The summed E-state index contributed by atoms with van der Waals surface area (Å²) in [5.41, 5.74) is 1.42. The summed E-state index contributed by atoms with van der Waals surface area (Å²) in [7, 11) is 1.84. The normalized spacial score (nSPS) is 10.7. The van der Waals surface area contributed by atoms with Crippen molar-refractivity contribution in [2.75, 3.05) is 45.1 Å². The van der Waals surface area contributed by atoms with Crippen molar-refractivity contribution in [3.05, 3.63) is 24.0 Å². The summed E-state index contributed by atoms with van der Waals surface area (Å²) >= 11 is 0. The third kappa shape index (κ3) is 5.34. The molecule has 1 aromatic heterocycles. The van der Waals surface area contributed by atoms with E-state index in [0.717, 1.165) is 38.3 Å². The monoisotopic (exact) mass is 292 g/mol. The highest BCUT2D eigenvalue weighted by atomic mass is 16.2. The Bertz CT molecular complexity index is 432. The Morgan fingerprint density at radius 3 is 2.48 bits per heavy atom. The fraction of sp³-hybridized carbons (Fsp3) is 0.625. The summed E-state index contributed by atoms with van der Waals surface area (Å²) in [6.07, 6.45) is 2.66. The molecule has 118 valence electrons. The lowest BCUT2D eigenvalue weighted by molar-refractivity contribution is 0.0751. The van der Waals surface area contributed by atoms with Gasteiger partial charge in [0, 0.05) is 32.0 Å². The van der Waals surface area contributed by atoms with Crippen molar-refractivity contribution in [2.45, 2.75) is 27.2 Å². The molecule has 1 aromatic rings. The second-order valence-corrected chi connectivity index (χ2v) is 4.95. The predicted octanol–water partition coefficient (Wildman–Crippen LogP) is 2.32. The number of aromatic nitrogens is 1. The number of carbonyl (C=O) groups excluding carboxylic acids is 1. The molecule has 0 aromatic carbocycles. The first-order chi connectivity index (χ1) is 10.2. The molecule has 5 heteroatoms. The average molecular weight is 292 g/mol. The first kappa shape index (κ1) is 17.4. The Hall–Kier alpha value is -1.62. The summed E-state index contributed by atoms with van der Waals surface area (Å²) < 4.78 is 0. The van der Waals surface area contributed by atoms with E-state index in [1.807, 2.05) is 24.9 Å². The highest BCUT2D eigenvalue weighted by Gasteiger charge is 2.15. The minimum atomic E-state index is 0.00847. The van der Waals surface area contributed by atoms with Crippen LogP contribution in [0.2, 0.25) is 0 Å². The Balaban J connectivity index is 2.60. The van der Waals surface area contributed by atoms with Gasteiger partial charge in [0.1, 0.15) is 5.69 Å². The lowest BCUT2D eigenvalue weighted by atomic mass is 10.2. The molecule has 0 bridgehead atoms. The molecule has 0 aliphatic heterocycles. The van der Waals surface area contributed by atoms with E-state index in [9.17, 15) is 4.79 Å². The molecule has 0 radical (unpaired) electrons. The number of nitrogens with zero attached hydrogens (tertiary/aromatic N) is 3. The molecule has 0 fully saturated rings. The van der Waals surface area contributed by atoms with Crippen LogP contribution in [0.3, 0.4) is 0 Å². The summed E-state index contributed by atoms with van der Waals surface area (Å²) in [6.45, 7) is 11.0. The molecule has 1 N–H and O–H groups in total. The van der Waals surface area contributed by atoms with Crippen LogP contribution in [-0.2, 0) is 0 Å². The summed E-state index contributed by atoms with van der Waals surface area (Å²) in [6, 6.07) is 3.66. The molecule has 5 nitrogen and oxygen atoms in total. The first-order valence-corrected chi connectivity index (χ1v) is 7.81. The third-order valence-corrected chi connectivity index (χ3v) is 3.73. The van der Waals surface area contributed by atoms with Gasteiger partial charge >= 0.3 is 0 Å². The van der Waals surface area contributed by atoms with Gasteiger partial charge in [0.15, 0.2) is 0 Å². The van der Waals surface area contributed by atoms with Crippen molar-refractivity contribution in [1.82, 2.24) is 14.8 Å². The van der Waals surface area contributed by atoms with Crippen molar-refractivity contribution in [1.29, 1.82) is 0 Å². The molecule has 1 amide bonds. The minimum absolute atomic E-state index is 0.00847. The Labute approximate surface area is 128 Å². The third-order valence-electron chi connectivity index (χ3n) is 3.73. The van der Waals surface area contributed by atoms with Crippen molar-refractivity contribution in [3.8, 4) is 0 Å². The molecule has 0 unspecified atom stereocenters. The van der Waals surface area contributed by atoms with Gasteiger partial charge in [-0.3, -0.25) is 9.78 Å². The number of nitrogens with one attached hydrogen (secondary N) is 1. The van der Waals surface area contributed by atoms with Gasteiger partial charge < -0.3 is 15.1 Å². The summed E-state index contributed by atoms with van der Waals surface area (Å²) in [5.74, 6) is 0.00847. The Kier molecular flexibility index (Phi) is 7.75. The van der Waals surface area contributed by atoms with Crippen LogP contribution in [0, 0.1) is 0 Å². The largest absolute Gasteiger partial charge is 0.388 e. The number of hydrogen-bond donors (Lipinski definition) is 1. The lowest BCUT2D eigenvalue weighted by Crippen LogP contribution is -2.34. The summed E-state index contributed by atoms with van der Waals surface area (Å²) in [4.78, 5) is 20.9. The number of anilines is 1. The zero-order valence-corrected chi connectivity index (χ0v) is 13.7. The molecule has 1 heterocycles. The van der Waals surface area contributed by atoms with E-state index < -0.39 is 0 Å². The van der Waals surface area contributed by atoms with Gasteiger partial charge in [0.2, 0.25) is 0 Å². The van der Waals surface area contributed by atoms with Gasteiger partial charge in [0.05, 0.1) is 0 Å². The van der Waals surface area contributed by atoms with Crippen LogP contribution in [0.5, 0.6) is 0 Å². The fourth-order valence-corrected chi connectivity index (χ4v) is 2.29. The number of rotatable bonds is 9. The first-order valence-electron chi connectivity index (χ1n) is 7.81. The van der Waals surface area contributed by atoms with Crippen LogP contribution >= 0.6 is 0 Å². The molecule has 0 saturated carbocycles. The molecule has 0 aliphatic rings. The van der Waals surface area contributed by atoms with E-state index in [-0.39, 0.29) is 5.91 Å². The van der Waals surface area contributed by atoms with Crippen LogP contribution in [0.15, 0.2) is 18.3 Å². The van der Waals surface area contributed by atoms with E-state index in [2.05, 4.69) is 29.0 Å². The van der Waals surface area contributed by atoms with Crippen LogP contribution in [0.25, 0.3) is 0 Å². The average Bonchev–Trinajstić information content (AvgIpc) is 2.54. The molecule has 21 heavy (non-hydrogen) atoms. The number of hydrogen-bond acceptors (Lipinski definition) is 4. The van der Waals surface area contributed by atoms with Crippen LogP contribution < -0.4 is 5.32 Å². The lowest BCUT2D eigenvalue weighted by Gasteiger charge is -2.23. The van der Waals surface area contributed by atoms with Crippen molar-refractivity contribution in [3.63, 3.8) is 0 Å². The number of pyridine rings is 1. The quantitative estimate of drug-likeness (QED) is 0.759. The van der Waals surface area contributed by atoms with Crippen molar-refractivity contribution in [2.24, 2.45) is 0 Å². The van der Waals surface area contributed by atoms with E-state index in [1.54, 1.807) is 12.3 Å². The van der Waals surface area contributed by atoms with E-state index in [4.69, 9.17) is 0 Å². The van der Waals surface area contributed by atoms with E-state index in [1.165, 1.54) is 0 Å². The van der Waals surface area contributed by atoms with Gasteiger partial charge in [-0.2, -0.15) is 0 Å².